The van der Waals surface area contributed by atoms with Crippen molar-refractivity contribution < 1.29 is 9.22 Å². The molecular formula is C20H27NO2Si. The molecule has 0 unspecified atom stereocenters. The van der Waals surface area contributed by atoms with Crippen LogP contribution in [0.25, 0.3) is 0 Å². The lowest BCUT2D eigenvalue weighted by molar-refractivity contribution is 0.112. The Morgan fingerprint density at radius 2 is 1.96 bits per heavy atom. The van der Waals surface area contributed by atoms with Crippen LogP contribution in [0.15, 0.2) is 18.2 Å². The zero-order valence-corrected chi connectivity index (χ0v) is 16.4. The maximum absolute atomic E-state index is 11.0. The number of unbranched alkanes of at least 4 members (excludes halogenated alkanes) is 1. The average Bonchev–Trinajstić information content (AvgIpc) is 2.49. The molecule has 0 aliphatic carbocycles. The fourth-order valence-electron chi connectivity index (χ4n) is 1.92. The molecule has 0 bridgehead atoms. The lowest BCUT2D eigenvalue weighted by Crippen LogP contribution is -2.40. The van der Waals surface area contributed by atoms with Gasteiger partial charge in [0.25, 0.3) is 0 Å². The predicted octanol–water partition coefficient (Wildman–Crippen LogP) is 4.72. The van der Waals surface area contributed by atoms with Crippen molar-refractivity contribution in [1.29, 1.82) is 5.26 Å². The van der Waals surface area contributed by atoms with Gasteiger partial charge in [-0.05, 0) is 48.3 Å². The third-order valence-electron chi connectivity index (χ3n) is 4.38. The van der Waals surface area contributed by atoms with Crippen molar-refractivity contribution in [2.75, 3.05) is 6.61 Å². The fraction of sp³-hybridized carbons (Fsp3) is 0.500. The molecule has 0 aliphatic heterocycles. The van der Waals surface area contributed by atoms with Gasteiger partial charge in [-0.25, -0.2) is 0 Å². The lowest BCUT2D eigenvalue weighted by atomic mass is 10.0. The number of aldehydes is 1. The summed E-state index contributed by atoms with van der Waals surface area (Å²) in [5, 5.41) is 9.01. The van der Waals surface area contributed by atoms with E-state index in [-0.39, 0.29) is 11.5 Å². The van der Waals surface area contributed by atoms with Crippen molar-refractivity contribution >= 4 is 14.6 Å². The Morgan fingerprint density at radius 3 is 2.54 bits per heavy atom. The molecule has 1 aromatic carbocycles. The van der Waals surface area contributed by atoms with Crippen molar-refractivity contribution in [3.8, 4) is 17.9 Å². The molecule has 0 spiro atoms. The van der Waals surface area contributed by atoms with Crippen LogP contribution in [0.5, 0.6) is 0 Å². The summed E-state index contributed by atoms with van der Waals surface area (Å²) in [6.07, 6.45) is 2.74. The number of carbonyl (C=O) groups excluding carboxylic acids is 1. The van der Waals surface area contributed by atoms with Crippen molar-refractivity contribution in [3.05, 3.63) is 34.9 Å². The van der Waals surface area contributed by atoms with Gasteiger partial charge in [0.05, 0.1) is 12.5 Å². The standard InChI is InChI=1S/C20H27NO2Si/c1-20(2,3)24(4,5)23-12-8-6-7-9-17-13-18(10-11-21)15-19(14-17)16-22/h13-16H,6,8,10,12H2,1-5H3. The van der Waals surface area contributed by atoms with Crippen LogP contribution < -0.4 is 0 Å². The predicted molar refractivity (Wildman–Crippen MR) is 100 cm³/mol. The number of carbonyl (C=O) groups is 1. The van der Waals surface area contributed by atoms with Crippen LogP contribution >= 0.6 is 0 Å². The monoisotopic (exact) mass is 341 g/mol. The minimum Gasteiger partial charge on any atom is -0.417 e. The van der Waals surface area contributed by atoms with Gasteiger partial charge in [-0.15, -0.1) is 0 Å². The smallest absolute Gasteiger partial charge is 0.191 e. The number of rotatable bonds is 6. The number of nitriles is 1. The molecule has 1 rings (SSSR count). The van der Waals surface area contributed by atoms with Gasteiger partial charge in [0.15, 0.2) is 8.32 Å². The summed E-state index contributed by atoms with van der Waals surface area (Å²) >= 11 is 0. The molecule has 0 aromatic heterocycles. The zero-order valence-electron chi connectivity index (χ0n) is 15.4. The van der Waals surface area contributed by atoms with E-state index in [1.54, 1.807) is 12.1 Å². The van der Waals surface area contributed by atoms with Crippen LogP contribution in [0.4, 0.5) is 0 Å². The Bertz CT molecular complexity index is 670. The first kappa shape index (κ1) is 20.2. The third-order valence-corrected chi connectivity index (χ3v) is 8.92. The van der Waals surface area contributed by atoms with E-state index in [1.165, 1.54) is 0 Å². The Labute approximate surface area is 147 Å². The third kappa shape index (κ3) is 6.32. The molecule has 0 saturated heterocycles. The largest absolute Gasteiger partial charge is 0.417 e. The second-order valence-electron chi connectivity index (χ2n) is 7.43. The molecule has 0 N–H and O–H groups in total. The van der Waals surface area contributed by atoms with E-state index in [0.29, 0.717) is 5.56 Å². The van der Waals surface area contributed by atoms with Gasteiger partial charge in [0, 0.05) is 24.2 Å². The minimum atomic E-state index is -1.68. The molecule has 3 nitrogen and oxygen atoms in total. The highest BCUT2D eigenvalue weighted by Gasteiger charge is 2.36. The van der Waals surface area contributed by atoms with Gasteiger partial charge in [0.1, 0.15) is 6.29 Å². The summed E-state index contributed by atoms with van der Waals surface area (Å²) in [6.45, 7) is 11.9. The highest BCUT2D eigenvalue weighted by Crippen LogP contribution is 2.36. The van der Waals surface area contributed by atoms with E-state index in [4.69, 9.17) is 9.69 Å². The van der Waals surface area contributed by atoms with Crippen LogP contribution in [0.3, 0.4) is 0 Å². The summed E-state index contributed by atoms with van der Waals surface area (Å²) in [6, 6.07) is 7.45. The molecule has 128 valence electrons. The topological polar surface area (TPSA) is 50.1 Å². The van der Waals surface area contributed by atoms with Gasteiger partial charge in [-0.2, -0.15) is 5.26 Å². The Morgan fingerprint density at radius 1 is 1.25 bits per heavy atom. The molecule has 0 atom stereocenters. The number of nitrogens with zero attached hydrogens (tertiary/aromatic N) is 1. The van der Waals surface area contributed by atoms with Gasteiger partial charge in [-0.3, -0.25) is 4.79 Å². The first-order chi connectivity index (χ1) is 11.2. The molecule has 0 aliphatic rings. The van der Waals surface area contributed by atoms with Crippen molar-refractivity contribution in [2.45, 2.75) is 58.2 Å². The summed E-state index contributed by atoms with van der Waals surface area (Å²) in [4.78, 5) is 11.0. The second kappa shape index (κ2) is 8.83. The first-order valence-corrected chi connectivity index (χ1v) is 11.2. The van der Waals surface area contributed by atoms with E-state index in [9.17, 15) is 4.79 Å². The summed E-state index contributed by atoms with van der Waals surface area (Å²) in [5.41, 5.74) is 2.18. The van der Waals surface area contributed by atoms with Gasteiger partial charge in [-0.1, -0.05) is 32.6 Å². The van der Waals surface area contributed by atoms with E-state index < -0.39 is 8.32 Å². The lowest BCUT2D eigenvalue weighted by Gasteiger charge is -2.36. The number of benzene rings is 1. The summed E-state index contributed by atoms with van der Waals surface area (Å²) < 4.78 is 6.12. The number of hydrogen-bond acceptors (Lipinski definition) is 3. The average molecular weight is 342 g/mol. The zero-order chi connectivity index (χ0) is 18.2. The Hall–Kier alpha value is -1.88. The summed E-state index contributed by atoms with van der Waals surface area (Å²) in [5.74, 6) is 6.22. The fourth-order valence-corrected chi connectivity index (χ4v) is 3.01. The van der Waals surface area contributed by atoms with Gasteiger partial charge in [0.2, 0.25) is 0 Å². The molecule has 4 heteroatoms. The normalized spacial score (nSPS) is 11.3. The van der Waals surface area contributed by atoms with Crippen molar-refractivity contribution in [2.24, 2.45) is 0 Å². The van der Waals surface area contributed by atoms with Gasteiger partial charge < -0.3 is 4.43 Å². The Kier molecular flexibility index (Phi) is 7.41. The SMILES string of the molecule is CC(C)(C)[Si](C)(C)OCCCC#Cc1cc(C=O)cc(CC#N)c1. The van der Waals surface area contributed by atoms with Crippen molar-refractivity contribution in [1.82, 2.24) is 0 Å². The van der Waals surface area contributed by atoms with E-state index >= 15 is 0 Å². The van der Waals surface area contributed by atoms with E-state index in [1.807, 2.05) is 6.07 Å². The molecule has 0 radical (unpaired) electrons. The quantitative estimate of drug-likeness (QED) is 0.325. The van der Waals surface area contributed by atoms with Crippen LogP contribution in [-0.2, 0) is 10.8 Å². The van der Waals surface area contributed by atoms with Crippen molar-refractivity contribution in [3.63, 3.8) is 0 Å². The number of hydrogen-bond donors (Lipinski definition) is 0. The summed E-state index contributed by atoms with van der Waals surface area (Å²) in [7, 11) is -1.68. The van der Waals surface area contributed by atoms with E-state index in [0.717, 1.165) is 36.9 Å². The van der Waals surface area contributed by atoms with Crippen LogP contribution in [-0.4, -0.2) is 21.2 Å². The van der Waals surface area contributed by atoms with Crippen LogP contribution in [0.1, 0.15) is 55.1 Å². The molecular weight excluding hydrogens is 314 g/mol. The van der Waals surface area contributed by atoms with Crippen LogP contribution in [0.2, 0.25) is 18.1 Å². The van der Waals surface area contributed by atoms with Crippen LogP contribution in [0, 0.1) is 23.2 Å². The second-order valence-corrected chi connectivity index (χ2v) is 12.2. The molecule has 24 heavy (non-hydrogen) atoms. The molecule has 0 fully saturated rings. The molecule has 1 aromatic rings. The molecule has 0 heterocycles. The minimum absolute atomic E-state index is 0.227. The maximum atomic E-state index is 11.0. The first-order valence-electron chi connectivity index (χ1n) is 8.28. The maximum Gasteiger partial charge on any atom is 0.191 e. The molecule has 0 amide bonds. The highest BCUT2D eigenvalue weighted by molar-refractivity contribution is 6.74. The molecule has 0 saturated carbocycles. The highest BCUT2D eigenvalue weighted by atomic mass is 28.4. The Balaban J connectivity index is 2.57. The van der Waals surface area contributed by atoms with E-state index in [2.05, 4.69) is 51.8 Å². The van der Waals surface area contributed by atoms with Gasteiger partial charge >= 0.3 is 0 Å².